The fourth-order valence-corrected chi connectivity index (χ4v) is 3.51. The van der Waals surface area contributed by atoms with Crippen molar-refractivity contribution in [2.45, 2.75) is 32.9 Å². The van der Waals surface area contributed by atoms with E-state index in [1.807, 2.05) is 18.3 Å². The van der Waals surface area contributed by atoms with Crippen LogP contribution in [-0.4, -0.2) is 27.5 Å². The normalized spacial score (nSPS) is 11.1. The van der Waals surface area contributed by atoms with E-state index in [2.05, 4.69) is 88.8 Å². The molecule has 0 saturated heterocycles. The zero-order valence-corrected chi connectivity index (χ0v) is 17.0. The van der Waals surface area contributed by atoms with Gasteiger partial charge in [0, 0.05) is 42.4 Å². The molecule has 148 valence electrons. The van der Waals surface area contributed by atoms with Gasteiger partial charge in [-0.1, -0.05) is 48.5 Å². The van der Waals surface area contributed by atoms with Gasteiger partial charge < -0.3 is 15.2 Å². The minimum Gasteiger partial charge on any atom is -0.370 e. The number of hydrogen-bond acceptors (Lipinski definition) is 4. The van der Waals surface area contributed by atoms with E-state index in [4.69, 9.17) is 4.98 Å². The second-order valence-electron chi connectivity index (χ2n) is 7.49. The number of H-pyrrole nitrogens is 1. The molecule has 0 spiro atoms. The summed E-state index contributed by atoms with van der Waals surface area (Å²) in [6.45, 7) is 5.95. The third-order valence-electron chi connectivity index (χ3n) is 5.09. The molecule has 0 atom stereocenters. The van der Waals surface area contributed by atoms with Crippen molar-refractivity contribution < 1.29 is 0 Å². The van der Waals surface area contributed by atoms with E-state index in [0.717, 1.165) is 31.3 Å². The quantitative estimate of drug-likeness (QED) is 0.447. The molecular formula is C24H27N5. The molecule has 5 heteroatoms. The van der Waals surface area contributed by atoms with Gasteiger partial charge >= 0.3 is 0 Å². The van der Waals surface area contributed by atoms with E-state index in [0.29, 0.717) is 6.04 Å². The van der Waals surface area contributed by atoms with Crippen LogP contribution in [-0.2, 0) is 13.0 Å². The zero-order chi connectivity index (χ0) is 20.1. The van der Waals surface area contributed by atoms with Gasteiger partial charge in [0.25, 0.3) is 0 Å². The molecule has 2 N–H and O–H groups in total. The summed E-state index contributed by atoms with van der Waals surface area (Å²) < 4.78 is 0. The van der Waals surface area contributed by atoms with Gasteiger partial charge in [-0.15, -0.1) is 0 Å². The molecule has 0 fully saturated rings. The smallest absolute Gasteiger partial charge is 0.227 e. The first kappa shape index (κ1) is 19.0. The van der Waals surface area contributed by atoms with Gasteiger partial charge in [-0.25, -0.2) is 4.98 Å². The molecule has 4 aromatic rings. The summed E-state index contributed by atoms with van der Waals surface area (Å²) in [6.07, 6.45) is 4.86. The number of anilines is 2. The lowest BCUT2D eigenvalue weighted by atomic mass is 10.1. The van der Waals surface area contributed by atoms with Crippen LogP contribution in [0.3, 0.4) is 0 Å². The maximum absolute atomic E-state index is 4.77. The average Bonchev–Trinajstić information content (AvgIpc) is 3.16. The van der Waals surface area contributed by atoms with Crippen molar-refractivity contribution in [1.29, 1.82) is 0 Å². The van der Waals surface area contributed by atoms with E-state index >= 15 is 0 Å². The summed E-state index contributed by atoms with van der Waals surface area (Å²) in [6, 6.07) is 21.1. The van der Waals surface area contributed by atoms with E-state index in [-0.39, 0.29) is 0 Å². The highest BCUT2D eigenvalue weighted by Gasteiger charge is 2.14. The lowest BCUT2D eigenvalue weighted by Crippen LogP contribution is -2.31. The minimum absolute atomic E-state index is 0.302. The van der Waals surface area contributed by atoms with Crippen molar-refractivity contribution in [3.8, 4) is 0 Å². The Bertz CT molecular complexity index is 1060. The highest BCUT2D eigenvalue weighted by atomic mass is 15.3. The largest absolute Gasteiger partial charge is 0.370 e. The molecule has 0 amide bonds. The highest BCUT2D eigenvalue weighted by molar-refractivity contribution is 5.83. The van der Waals surface area contributed by atoms with Gasteiger partial charge in [0.1, 0.15) is 5.82 Å². The summed E-state index contributed by atoms with van der Waals surface area (Å²) in [7, 11) is 0. The lowest BCUT2D eigenvalue weighted by molar-refractivity contribution is 0.661. The molecule has 0 bridgehead atoms. The molecule has 0 unspecified atom stereocenters. The van der Waals surface area contributed by atoms with Crippen LogP contribution in [0, 0.1) is 0 Å². The Morgan fingerprint density at radius 1 is 1.00 bits per heavy atom. The van der Waals surface area contributed by atoms with Crippen LogP contribution in [0.25, 0.3) is 10.9 Å². The first-order chi connectivity index (χ1) is 14.2. The number of rotatable bonds is 8. The van der Waals surface area contributed by atoms with Crippen molar-refractivity contribution in [3.05, 3.63) is 84.2 Å². The fourth-order valence-electron chi connectivity index (χ4n) is 3.51. The molecular weight excluding hydrogens is 358 g/mol. The molecule has 0 saturated carbocycles. The number of aromatic nitrogens is 3. The van der Waals surface area contributed by atoms with E-state index < -0.39 is 0 Å². The molecule has 4 rings (SSSR count). The zero-order valence-electron chi connectivity index (χ0n) is 17.0. The maximum atomic E-state index is 4.77. The summed E-state index contributed by atoms with van der Waals surface area (Å²) in [5.74, 6) is 1.61. The summed E-state index contributed by atoms with van der Waals surface area (Å²) in [5.41, 5.74) is 3.75. The standard InChI is InChI=1S/C24H27N5/c1-18(2)29(17-19-8-4-3-5-9-19)24-26-15-13-23(28-24)25-14-12-20-16-27-22-11-7-6-10-21(20)22/h3-11,13,15-16,18,27H,12,14,17H2,1-2H3,(H,25,26,28). The summed E-state index contributed by atoms with van der Waals surface area (Å²) in [5, 5.41) is 4.74. The molecule has 2 heterocycles. The van der Waals surface area contributed by atoms with Crippen LogP contribution in [0.5, 0.6) is 0 Å². The number of nitrogens with zero attached hydrogens (tertiary/aromatic N) is 3. The third kappa shape index (κ3) is 4.57. The van der Waals surface area contributed by atoms with Crippen LogP contribution in [0.15, 0.2) is 73.1 Å². The van der Waals surface area contributed by atoms with Crippen LogP contribution in [0.1, 0.15) is 25.0 Å². The number of fused-ring (bicyclic) bond motifs is 1. The minimum atomic E-state index is 0.302. The molecule has 2 aromatic heterocycles. The van der Waals surface area contributed by atoms with Crippen LogP contribution < -0.4 is 10.2 Å². The molecule has 2 aromatic carbocycles. The van der Waals surface area contributed by atoms with Gasteiger partial charge in [-0.2, -0.15) is 4.98 Å². The van der Waals surface area contributed by atoms with Gasteiger partial charge in [0.2, 0.25) is 5.95 Å². The second-order valence-corrected chi connectivity index (χ2v) is 7.49. The first-order valence-electron chi connectivity index (χ1n) is 10.1. The second kappa shape index (κ2) is 8.78. The van der Waals surface area contributed by atoms with Crippen LogP contribution >= 0.6 is 0 Å². The first-order valence-corrected chi connectivity index (χ1v) is 10.1. The van der Waals surface area contributed by atoms with Crippen molar-refractivity contribution in [1.82, 2.24) is 15.0 Å². The fraction of sp³-hybridized carbons (Fsp3) is 0.250. The molecule has 5 nitrogen and oxygen atoms in total. The van der Waals surface area contributed by atoms with Crippen molar-refractivity contribution in [2.24, 2.45) is 0 Å². The maximum Gasteiger partial charge on any atom is 0.227 e. The molecule has 0 radical (unpaired) electrons. The number of benzene rings is 2. The third-order valence-corrected chi connectivity index (χ3v) is 5.09. The number of para-hydroxylation sites is 1. The topological polar surface area (TPSA) is 56.8 Å². The van der Waals surface area contributed by atoms with E-state index in [9.17, 15) is 0 Å². The number of hydrogen-bond donors (Lipinski definition) is 2. The predicted octanol–water partition coefficient (Wildman–Crippen LogP) is 5.03. The van der Waals surface area contributed by atoms with Crippen LogP contribution in [0.4, 0.5) is 11.8 Å². The van der Waals surface area contributed by atoms with Crippen molar-refractivity contribution in [3.63, 3.8) is 0 Å². The Morgan fingerprint density at radius 2 is 1.79 bits per heavy atom. The van der Waals surface area contributed by atoms with Gasteiger partial charge in [-0.05, 0) is 43.5 Å². The van der Waals surface area contributed by atoms with Gasteiger partial charge in [0.15, 0.2) is 0 Å². The molecule has 0 aliphatic carbocycles. The van der Waals surface area contributed by atoms with Crippen molar-refractivity contribution in [2.75, 3.05) is 16.8 Å². The molecule has 0 aliphatic heterocycles. The summed E-state index contributed by atoms with van der Waals surface area (Å²) >= 11 is 0. The highest BCUT2D eigenvalue weighted by Crippen LogP contribution is 2.19. The van der Waals surface area contributed by atoms with Crippen LogP contribution in [0.2, 0.25) is 0 Å². The Kier molecular flexibility index (Phi) is 5.75. The van der Waals surface area contributed by atoms with E-state index in [1.54, 1.807) is 0 Å². The van der Waals surface area contributed by atoms with Gasteiger partial charge in [0.05, 0.1) is 0 Å². The Morgan fingerprint density at radius 3 is 2.62 bits per heavy atom. The summed E-state index contributed by atoms with van der Waals surface area (Å²) in [4.78, 5) is 14.9. The van der Waals surface area contributed by atoms with Crippen molar-refractivity contribution >= 4 is 22.7 Å². The Balaban J connectivity index is 1.43. The number of nitrogens with one attached hydrogen (secondary N) is 2. The van der Waals surface area contributed by atoms with E-state index in [1.165, 1.54) is 22.0 Å². The SMILES string of the molecule is CC(C)N(Cc1ccccc1)c1nccc(NCCc2c[nH]c3ccccc23)n1. The molecule has 29 heavy (non-hydrogen) atoms. The Hall–Kier alpha value is -3.34. The predicted molar refractivity (Wildman–Crippen MR) is 120 cm³/mol. The van der Waals surface area contributed by atoms with Gasteiger partial charge in [-0.3, -0.25) is 0 Å². The lowest BCUT2D eigenvalue weighted by Gasteiger charge is -2.27. The monoisotopic (exact) mass is 385 g/mol. The number of aromatic amines is 1. The Labute approximate surface area is 171 Å². The molecule has 0 aliphatic rings. The average molecular weight is 386 g/mol.